The highest BCUT2D eigenvalue weighted by Crippen LogP contribution is 2.41. The van der Waals surface area contributed by atoms with Crippen molar-refractivity contribution in [2.75, 3.05) is 0 Å². The summed E-state index contributed by atoms with van der Waals surface area (Å²) in [5.41, 5.74) is -9.05. The molecule has 7 nitrogen and oxygen atoms in total. The van der Waals surface area contributed by atoms with Gasteiger partial charge in [-0.2, -0.15) is 5.26 Å². The van der Waals surface area contributed by atoms with E-state index >= 15 is 17.6 Å². The van der Waals surface area contributed by atoms with Gasteiger partial charge in [-0.05, 0) is 38.8 Å². The van der Waals surface area contributed by atoms with Crippen LogP contribution < -0.4 is 0 Å². The molecule has 0 bridgehead atoms. The molecule has 0 N–H and O–H groups in total. The molecule has 47 heavy (non-hydrogen) atoms. The standard InChI is InChI=1S/C31H12F9N7/c1-6-7(2)14(33)23-22(13(6)32)44-28-26-27(43-9(4)8(3)42-26)29-31(30(28)45-23)46-24-15(34)10(5-41)11(18(37)25(24)47-29)12-16(35)19(38)21(40)20(39)17(12)36/h1-4H3. The van der Waals surface area contributed by atoms with Gasteiger partial charge < -0.3 is 0 Å². The van der Waals surface area contributed by atoms with Gasteiger partial charge in [0.05, 0.1) is 17.0 Å². The van der Waals surface area contributed by atoms with Crippen LogP contribution in [0.5, 0.6) is 0 Å². The number of hydrogen-bond donors (Lipinski definition) is 0. The molecule has 0 spiro atoms. The van der Waals surface area contributed by atoms with Gasteiger partial charge in [-0.15, -0.1) is 0 Å². The Morgan fingerprint density at radius 2 is 0.681 bits per heavy atom. The number of nitriles is 1. The van der Waals surface area contributed by atoms with Crippen LogP contribution >= 0.6 is 0 Å². The van der Waals surface area contributed by atoms with Crippen LogP contribution in [0.25, 0.3) is 66.3 Å². The van der Waals surface area contributed by atoms with Crippen LogP contribution in [0.15, 0.2) is 0 Å². The quantitative estimate of drug-likeness (QED) is 0.0585. The maximum atomic E-state index is 16.2. The first-order valence-corrected chi connectivity index (χ1v) is 13.4. The summed E-state index contributed by atoms with van der Waals surface area (Å²) in [6.45, 7) is 5.76. The molecule has 0 amide bonds. The number of benzene rings is 4. The second-order valence-corrected chi connectivity index (χ2v) is 10.6. The van der Waals surface area contributed by atoms with Crippen molar-refractivity contribution in [1.29, 1.82) is 5.26 Å². The van der Waals surface area contributed by atoms with Crippen molar-refractivity contribution >= 4 is 55.2 Å². The maximum Gasteiger partial charge on any atom is 0.200 e. The first-order chi connectivity index (χ1) is 22.2. The van der Waals surface area contributed by atoms with Gasteiger partial charge in [0.1, 0.15) is 66.8 Å². The highest BCUT2D eigenvalue weighted by atomic mass is 19.2. The lowest BCUT2D eigenvalue weighted by atomic mass is 9.96. The van der Waals surface area contributed by atoms with Crippen LogP contribution in [0.1, 0.15) is 28.1 Å². The summed E-state index contributed by atoms with van der Waals surface area (Å²) in [5, 5.41) is 9.70. The first kappa shape index (κ1) is 30.0. The van der Waals surface area contributed by atoms with E-state index in [9.17, 15) is 27.2 Å². The second kappa shape index (κ2) is 9.89. The summed E-state index contributed by atoms with van der Waals surface area (Å²) < 4.78 is 135. The summed E-state index contributed by atoms with van der Waals surface area (Å²) in [4.78, 5) is 25.6. The third-order valence-electron chi connectivity index (χ3n) is 8.08. The molecule has 0 aliphatic heterocycles. The summed E-state index contributed by atoms with van der Waals surface area (Å²) >= 11 is 0. The number of hydrogen-bond acceptors (Lipinski definition) is 7. The normalized spacial score (nSPS) is 11.9. The third kappa shape index (κ3) is 3.82. The molecule has 234 valence electrons. The van der Waals surface area contributed by atoms with Crippen molar-refractivity contribution in [1.82, 2.24) is 29.9 Å². The monoisotopic (exact) mass is 653 g/mol. The summed E-state index contributed by atoms with van der Waals surface area (Å²) in [6.07, 6.45) is 0. The molecule has 0 aliphatic carbocycles. The lowest BCUT2D eigenvalue weighted by molar-refractivity contribution is 0.381. The Bertz CT molecular complexity index is 2660. The summed E-state index contributed by atoms with van der Waals surface area (Å²) in [6, 6.07) is 1.18. The maximum absolute atomic E-state index is 16.2. The predicted octanol–water partition coefficient (Wildman–Crippen LogP) is 7.85. The van der Waals surface area contributed by atoms with Crippen LogP contribution in [0.3, 0.4) is 0 Å². The average Bonchev–Trinajstić information content (AvgIpc) is 3.06. The zero-order valence-corrected chi connectivity index (χ0v) is 24.0. The Balaban J connectivity index is 1.74. The highest BCUT2D eigenvalue weighted by Gasteiger charge is 2.34. The van der Waals surface area contributed by atoms with Crippen LogP contribution in [0.2, 0.25) is 0 Å². The van der Waals surface area contributed by atoms with Gasteiger partial charge in [-0.1, -0.05) is 0 Å². The molecule has 0 aliphatic rings. The lowest BCUT2D eigenvalue weighted by Gasteiger charge is -2.15. The van der Waals surface area contributed by atoms with E-state index in [4.69, 9.17) is 0 Å². The van der Waals surface area contributed by atoms with Crippen molar-refractivity contribution in [3.8, 4) is 17.2 Å². The lowest BCUT2D eigenvalue weighted by Crippen LogP contribution is -2.09. The van der Waals surface area contributed by atoms with E-state index in [1.807, 2.05) is 0 Å². The van der Waals surface area contributed by atoms with Crippen molar-refractivity contribution in [3.05, 3.63) is 80.4 Å². The molecule has 0 saturated carbocycles. The number of rotatable bonds is 1. The molecule has 4 aromatic carbocycles. The molecular formula is C31H12F9N7. The first-order valence-electron chi connectivity index (χ1n) is 13.4. The highest BCUT2D eigenvalue weighted by molar-refractivity contribution is 6.20. The van der Waals surface area contributed by atoms with E-state index in [-0.39, 0.29) is 38.7 Å². The molecule has 7 aromatic rings. The molecule has 16 heteroatoms. The molecule has 3 aromatic heterocycles. The summed E-state index contributed by atoms with van der Waals surface area (Å²) in [7, 11) is 0. The molecule has 3 heterocycles. The van der Waals surface area contributed by atoms with Crippen LogP contribution in [0, 0.1) is 91.4 Å². The fourth-order valence-electron chi connectivity index (χ4n) is 5.38. The Labute approximate surface area is 255 Å². The molecule has 0 atom stereocenters. The van der Waals surface area contributed by atoms with E-state index < -0.39 is 96.6 Å². The molecule has 0 unspecified atom stereocenters. The van der Waals surface area contributed by atoms with E-state index in [0.29, 0.717) is 11.4 Å². The minimum atomic E-state index is -2.56. The Hall–Kier alpha value is -5.72. The fourth-order valence-corrected chi connectivity index (χ4v) is 5.38. The van der Waals surface area contributed by atoms with E-state index in [0.717, 1.165) is 0 Å². The van der Waals surface area contributed by atoms with Gasteiger partial charge in [0, 0.05) is 5.56 Å². The van der Waals surface area contributed by atoms with Gasteiger partial charge in [-0.3, -0.25) is 0 Å². The van der Waals surface area contributed by atoms with Crippen LogP contribution in [-0.4, -0.2) is 29.9 Å². The van der Waals surface area contributed by atoms with Crippen LogP contribution in [-0.2, 0) is 0 Å². The second-order valence-electron chi connectivity index (χ2n) is 10.6. The van der Waals surface area contributed by atoms with E-state index in [1.165, 1.54) is 19.9 Å². The number of halogens is 9. The fraction of sp³-hybridized carbons (Fsp3) is 0.129. The minimum Gasteiger partial charge on any atom is -0.247 e. The number of fused-ring (bicyclic) bond motifs is 8. The zero-order chi connectivity index (χ0) is 34.0. The van der Waals surface area contributed by atoms with Crippen molar-refractivity contribution in [2.45, 2.75) is 27.7 Å². The van der Waals surface area contributed by atoms with Gasteiger partial charge in [0.25, 0.3) is 0 Å². The SMILES string of the molecule is Cc1nc2c(nc1C)c1nc3c(F)c(-c4c(F)c(F)c(F)c(F)c4F)c(C#N)c(F)c3nc1c1nc3c(F)c(C)c(C)c(F)c3nc21. The number of nitrogens with zero attached hydrogens (tertiary/aromatic N) is 7. The van der Waals surface area contributed by atoms with Gasteiger partial charge in [0.15, 0.2) is 46.5 Å². The Morgan fingerprint density at radius 3 is 1.06 bits per heavy atom. The van der Waals surface area contributed by atoms with Crippen molar-refractivity contribution in [2.24, 2.45) is 0 Å². The van der Waals surface area contributed by atoms with Crippen molar-refractivity contribution < 1.29 is 39.5 Å². The molecule has 7 rings (SSSR count). The van der Waals surface area contributed by atoms with E-state index in [2.05, 4.69) is 29.9 Å². The minimum absolute atomic E-state index is 0.0381. The molecule has 0 fully saturated rings. The smallest absolute Gasteiger partial charge is 0.200 e. The summed E-state index contributed by atoms with van der Waals surface area (Å²) in [5.74, 6) is -18.0. The largest absolute Gasteiger partial charge is 0.247 e. The van der Waals surface area contributed by atoms with E-state index in [1.54, 1.807) is 13.8 Å². The van der Waals surface area contributed by atoms with Crippen molar-refractivity contribution in [3.63, 3.8) is 0 Å². The van der Waals surface area contributed by atoms with Crippen LogP contribution in [0.4, 0.5) is 39.5 Å². The Morgan fingerprint density at radius 1 is 0.362 bits per heavy atom. The topological polar surface area (TPSA) is 101 Å². The van der Waals surface area contributed by atoms with Gasteiger partial charge in [-0.25, -0.2) is 69.4 Å². The average molecular weight is 653 g/mol. The third-order valence-corrected chi connectivity index (χ3v) is 8.08. The number of aryl methyl sites for hydroxylation is 2. The molecule has 0 radical (unpaired) electrons. The molecule has 0 saturated heterocycles. The Kier molecular flexibility index (Phi) is 6.30. The van der Waals surface area contributed by atoms with Gasteiger partial charge in [0.2, 0.25) is 5.82 Å². The predicted molar refractivity (Wildman–Crippen MR) is 149 cm³/mol. The van der Waals surface area contributed by atoms with Gasteiger partial charge >= 0.3 is 0 Å². The zero-order valence-electron chi connectivity index (χ0n) is 24.0. The molecular weight excluding hydrogens is 641 g/mol. The number of aromatic nitrogens is 6.